The zero-order valence-electron chi connectivity index (χ0n) is 18.7. The number of sulfonamides is 1. The quantitative estimate of drug-likeness (QED) is 0.368. The molecule has 1 saturated carbocycles. The summed E-state index contributed by atoms with van der Waals surface area (Å²) in [6.45, 7) is 0. The van der Waals surface area contributed by atoms with Crippen molar-refractivity contribution >= 4 is 33.2 Å². The van der Waals surface area contributed by atoms with E-state index in [-0.39, 0.29) is 39.4 Å². The molecule has 1 heterocycles. The summed E-state index contributed by atoms with van der Waals surface area (Å²) in [7, 11) is -2.59. The third kappa shape index (κ3) is 5.62. The first-order valence-electron chi connectivity index (χ1n) is 10.5. The van der Waals surface area contributed by atoms with Crippen LogP contribution in [0.2, 0.25) is 10.0 Å². The lowest BCUT2D eigenvalue weighted by Gasteiger charge is -2.34. The number of aromatic hydroxyl groups is 1. The van der Waals surface area contributed by atoms with E-state index in [0.717, 1.165) is 24.3 Å². The summed E-state index contributed by atoms with van der Waals surface area (Å²) in [6, 6.07) is 5.32. The van der Waals surface area contributed by atoms with Gasteiger partial charge in [-0.25, -0.2) is 26.7 Å². The zero-order chi connectivity index (χ0) is 27.1. The van der Waals surface area contributed by atoms with E-state index >= 15 is 0 Å². The number of nitrogens with one attached hydrogen (secondary N) is 2. The SMILES string of the molecule is CO[C@H]1C[C@@H](NS(=O)(=O)c2cc(Oc3c(Cl)cc(-n4nc(C(F)F)c(=O)[nH]c4=O)cc3Cl)ccc2O)C1. The number of H-pyrrole nitrogens is 1. The molecule has 37 heavy (non-hydrogen) atoms. The van der Waals surface area contributed by atoms with Crippen molar-refractivity contribution in [2.24, 2.45) is 0 Å². The molecule has 198 valence electrons. The number of ether oxygens (including phenoxy) is 2. The minimum absolute atomic E-state index is 0.0487. The van der Waals surface area contributed by atoms with E-state index in [9.17, 15) is 31.9 Å². The Kier molecular flexibility index (Phi) is 7.57. The van der Waals surface area contributed by atoms with Gasteiger partial charge in [-0.1, -0.05) is 23.2 Å². The van der Waals surface area contributed by atoms with Crippen LogP contribution in [0.1, 0.15) is 25.0 Å². The van der Waals surface area contributed by atoms with Gasteiger partial charge < -0.3 is 14.6 Å². The molecule has 16 heteroatoms. The maximum absolute atomic E-state index is 13.1. The highest BCUT2D eigenvalue weighted by molar-refractivity contribution is 7.89. The van der Waals surface area contributed by atoms with Crippen molar-refractivity contribution in [3.05, 3.63) is 66.9 Å². The maximum Gasteiger partial charge on any atom is 0.349 e. The molecule has 0 saturated heterocycles. The Bertz CT molecular complexity index is 1550. The summed E-state index contributed by atoms with van der Waals surface area (Å²) in [5, 5.41) is 13.1. The fourth-order valence-electron chi connectivity index (χ4n) is 3.52. The number of benzene rings is 2. The number of rotatable bonds is 8. The standard InChI is InChI=1S/C21H18Cl2F2N4O7S/c1-35-12-4-9(5-12)28-37(33,34)16-8-11(2-3-15(16)30)36-18-13(22)6-10(7-14(18)23)29-21(32)26-20(31)17(27-29)19(24)25/h2-3,6-9,12,19,28,30H,4-5H2,1H3,(H,26,31,32)/t9-,12+. The molecular weight excluding hydrogens is 561 g/mol. The predicted octanol–water partition coefficient (Wildman–Crippen LogP) is 3.12. The van der Waals surface area contributed by atoms with Crippen LogP contribution in [0.4, 0.5) is 8.78 Å². The average molecular weight is 579 g/mol. The second kappa shape index (κ2) is 10.4. The third-order valence-corrected chi connectivity index (χ3v) is 7.59. The second-order valence-electron chi connectivity index (χ2n) is 7.97. The molecule has 0 unspecified atom stereocenters. The zero-order valence-corrected chi connectivity index (χ0v) is 21.1. The first kappa shape index (κ1) is 27.0. The molecule has 0 spiro atoms. The van der Waals surface area contributed by atoms with Crippen LogP contribution in [-0.4, -0.2) is 47.5 Å². The van der Waals surface area contributed by atoms with Gasteiger partial charge in [-0.05, 0) is 37.1 Å². The number of nitrogens with zero attached hydrogens (tertiary/aromatic N) is 2. The van der Waals surface area contributed by atoms with Gasteiger partial charge in [-0.15, -0.1) is 0 Å². The van der Waals surface area contributed by atoms with Gasteiger partial charge in [0, 0.05) is 19.2 Å². The van der Waals surface area contributed by atoms with E-state index in [1.165, 1.54) is 13.2 Å². The van der Waals surface area contributed by atoms with E-state index in [1.807, 2.05) is 0 Å². The number of phenolic OH excluding ortho intramolecular Hbond substituents is 1. The lowest BCUT2D eigenvalue weighted by Crippen LogP contribution is -2.47. The molecule has 1 aliphatic rings. The second-order valence-corrected chi connectivity index (χ2v) is 10.5. The summed E-state index contributed by atoms with van der Waals surface area (Å²) in [6.07, 6.45) is -2.33. The number of methoxy groups -OCH3 is 1. The third-order valence-electron chi connectivity index (χ3n) is 5.48. The van der Waals surface area contributed by atoms with E-state index in [1.54, 1.807) is 4.98 Å². The van der Waals surface area contributed by atoms with Crippen molar-refractivity contribution in [2.45, 2.75) is 36.3 Å². The predicted molar refractivity (Wildman–Crippen MR) is 128 cm³/mol. The number of phenols is 1. The molecular formula is C21H18Cl2F2N4O7S. The van der Waals surface area contributed by atoms with Crippen LogP contribution in [-0.2, 0) is 14.8 Å². The van der Waals surface area contributed by atoms with Crippen molar-refractivity contribution in [3.63, 3.8) is 0 Å². The molecule has 0 bridgehead atoms. The molecule has 0 atom stereocenters. The summed E-state index contributed by atoms with van der Waals surface area (Å²) < 4.78 is 65.4. The van der Waals surface area contributed by atoms with Gasteiger partial charge in [-0.2, -0.15) is 9.78 Å². The van der Waals surface area contributed by atoms with Crippen LogP contribution in [0.5, 0.6) is 17.2 Å². The fourth-order valence-corrected chi connectivity index (χ4v) is 5.45. The number of hydrogen-bond donors (Lipinski definition) is 3. The lowest BCUT2D eigenvalue weighted by molar-refractivity contribution is 0.0236. The highest BCUT2D eigenvalue weighted by Crippen LogP contribution is 2.39. The summed E-state index contributed by atoms with van der Waals surface area (Å²) >= 11 is 12.5. The normalized spacial score (nSPS) is 17.6. The van der Waals surface area contributed by atoms with Gasteiger partial charge in [0.05, 0.1) is 21.8 Å². The Hall–Kier alpha value is -3.04. The summed E-state index contributed by atoms with van der Waals surface area (Å²) in [5.41, 5.74) is -3.78. The molecule has 3 aromatic rings. The van der Waals surface area contributed by atoms with Gasteiger partial charge in [0.25, 0.3) is 12.0 Å². The van der Waals surface area contributed by atoms with E-state index < -0.39 is 44.0 Å². The van der Waals surface area contributed by atoms with E-state index in [2.05, 4.69) is 9.82 Å². The maximum atomic E-state index is 13.1. The number of hydrogen-bond acceptors (Lipinski definition) is 8. The van der Waals surface area contributed by atoms with Crippen molar-refractivity contribution in [2.75, 3.05) is 7.11 Å². The summed E-state index contributed by atoms with van der Waals surface area (Å²) in [5.74, 6) is -0.742. The lowest BCUT2D eigenvalue weighted by atomic mass is 9.90. The van der Waals surface area contributed by atoms with Crippen LogP contribution >= 0.6 is 23.2 Å². The molecule has 0 amide bonds. The smallest absolute Gasteiger partial charge is 0.349 e. The Balaban J connectivity index is 1.63. The summed E-state index contributed by atoms with van der Waals surface area (Å²) in [4.78, 5) is 24.9. The van der Waals surface area contributed by atoms with Crippen LogP contribution in [0.3, 0.4) is 0 Å². The van der Waals surface area contributed by atoms with Crippen LogP contribution in [0.25, 0.3) is 5.69 Å². The van der Waals surface area contributed by atoms with Crippen molar-refractivity contribution in [1.82, 2.24) is 19.5 Å². The van der Waals surface area contributed by atoms with Gasteiger partial charge in [-0.3, -0.25) is 9.78 Å². The highest BCUT2D eigenvalue weighted by Gasteiger charge is 2.33. The minimum Gasteiger partial charge on any atom is -0.507 e. The number of halogens is 4. The number of aromatic nitrogens is 3. The van der Waals surface area contributed by atoms with Crippen molar-refractivity contribution in [3.8, 4) is 22.9 Å². The monoisotopic (exact) mass is 578 g/mol. The molecule has 0 radical (unpaired) electrons. The Morgan fingerprint density at radius 3 is 2.43 bits per heavy atom. The van der Waals surface area contributed by atoms with Gasteiger partial charge in [0.1, 0.15) is 16.4 Å². The van der Waals surface area contributed by atoms with E-state index in [4.69, 9.17) is 32.7 Å². The van der Waals surface area contributed by atoms with Crippen LogP contribution in [0, 0.1) is 0 Å². The topological polar surface area (TPSA) is 153 Å². The Labute approximate surface area is 217 Å². The molecule has 4 rings (SSSR count). The molecule has 11 nitrogen and oxygen atoms in total. The first-order valence-corrected chi connectivity index (χ1v) is 12.7. The molecule has 3 N–H and O–H groups in total. The van der Waals surface area contributed by atoms with E-state index in [0.29, 0.717) is 17.5 Å². The molecule has 1 aromatic heterocycles. The van der Waals surface area contributed by atoms with Gasteiger partial charge >= 0.3 is 5.69 Å². The molecule has 0 aliphatic heterocycles. The van der Waals surface area contributed by atoms with Crippen molar-refractivity contribution in [1.29, 1.82) is 0 Å². The Morgan fingerprint density at radius 1 is 1.19 bits per heavy atom. The largest absolute Gasteiger partial charge is 0.507 e. The molecule has 1 fully saturated rings. The number of aromatic amines is 1. The molecule has 2 aromatic carbocycles. The Morgan fingerprint density at radius 2 is 1.84 bits per heavy atom. The van der Waals surface area contributed by atoms with Crippen LogP contribution < -0.4 is 20.7 Å². The van der Waals surface area contributed by atoms with Crippen LogP contribution in [0.15, 0.2) is 44.8 Å². The van der Waals surface area contributed by atoms with Gasteiger partial charge in [0.15, 0.2) is 11.4 Å². The number of alkyl halides is 2. The molecule has 1 aliphatic carbocycles. The highest BCUT2D eigenvalue weighted by atomic mass is 35.5. The first-order chi connectivity index (χ1) is 17.4. The average Bonchev–Trinajstić information content (AvgIpc) is 2.79. The van der Waals surface area contributed by atoms with Gasteiger partial charge in [0.2, 0.25) is 10.0 Å². The van der Waals surface area contributed by atoms with Crippen molar-refractivity contribution < 1.29 is 31.8 Å². The fraction of sp³-hybridized carbons (Fsp3) is 0.286. The minimum atomic E-state index is -4.12.